The molecule has 1 aromatic carbocycles. The van der Waals surface area contributed by atoms with Gasteiger partial charge in [0.1, 0.15) is 0 Å². The molecule has 6 heteroatoms. The average Bonchev–Trinajstić information content (AvgIpc) is 3.37. The third kappa shape index (κ3) is 3.65. The summed E-state index contributed by atoms with van der Waals surface area (Å²) in [6.45, 7) is 9.21. The van der Waals surface area contributed by atoms with Gasteiger partial charge in [-0.2, -0.15) is 5.10 Å². The van der Waals surface area contributed by atoms with Crippen LogP contribution in [-0.4, -0.2) is 47.6 Å². The van der Waals surface area contributed by atoms with Gasteiger partial charge >= 0.3 is 0 Å². The highest BCUT2D eigenvalue weighted by molar-refractivity contribution is 5.80. The quantitative estimate of drug-likeness (QED) is 0.597. The minimum atomic E-state index is 0.152. The van der Waals surface area contributed by atoms with E-state index >= 15 is 0 Å². The first kappa shape index (κ1) is 19.0. The third-order valence-electron chi connectivity index (χ3n) is 6.11. The summed E-state index contributed by atoms with van der Waals surface area (Å²) in [4.78, 5) is 4.82. The zero-order chi connectivity index (χ0) is 19.6. The lowest BCUT2D eigenvalue weighted by Crippen LogP contribution is -2.68. The van der Waals surface area contributed by atoms with E-state index in [1.165, 1.54) is 5.56 Å². The molecule has 0 radical (unpaired) electrons. The summed E-state index contributed by atoms with van der Waals surface area (Å²) in [5.74, 6) is 1.52. The molecule has 3 unspecified atom stereocenters. The van der Waals surface area contributed by atoms with Gasteiger partial charge < -0.3 is 15.4 Å². The number of aromatic nitrogens is 2. The first-order chi connectivity index (χ1) is 13.6. The number of hydrogen-bond donors (Lipinski definition) is 2. The number of nitrogens with zero attached hydrogens (tertiary/aromatic N) is 3. The van der Waals surface area contributed by atoms with Crippen LogP contribution in [0.5, 0.6) is 0 Å². The lowest BCUT2D eigenvalue weighted by molar-refractivity contribution is -0.106. The Morgan fingerprint density at radius 2 is 2.14 bits per heavy atom. The summed E-state index contributed by atoms with van der Waals surface area (Å²) in [5, 5.41) is 11.3. The van der Waals surface area contributed by atoms with E-state index in [0.717, 1.165) is 44.2 Å². The van der Waals surface area contributed by atoms with Gasteiger partial charge in [-0.15, -0.1) is 0 Å². The zero-order valence-corrected chi connectivity index (χ0v) is 17.1. The predicted octanol–water partition coefficient (Wildman–Crippen LogP) is 2.78. The monoisotopic (exact) mass is 381 g/mol. The maximum atomic E-state index is 5.91. The molecule has 0 amide bonds. The molecule has 28 heavy (non-hydrogen) atoms. The molecule has 0 bridgehead atoms. The SMILES string of the molecule is CCNC(=NCCc1ccc(-n2cccn2)cc1)NC1C2CCOC2C1(C)C. The fourth-order valence-corrected chi connectivity index (χ4v) is 4.62. The molecule has 1 saturated heterocycles. The first-order valence-electron chi connectivity index (χ1n) is 10.3. The van der Waals surface area contributed by atoms with E-state index in [2.05, 4.69) is 60.8 Å². The van der Waals surface area contributed by atoms with Crippen LogP contribution >= 0.6 is 0 Å². The van der Waals surface area contributed by atoms with E-state index in [0.29, 0.717) is 18.1 Å². The van der Waals surface area contributed by atoms with Gasteiger partial charge in [0.25, 0.3) is 0 Å². The van der Waals surface area contributed by atoms with E-state index < -0.39 is 0 Å². The number of rotatable bonds is 6. The number of hydrogen-bond acceptors (Lipinski definition) is 3. The number of aliphatic imine (C=N–C) groups is 1. The van der Waals surface area contributed by atoms with Gasteiger partial charge in [0.05, 0.1) is 11.8 Å². The van der Waals surface area contributed by atoms with Crippen molar-refractivity contribution in [1.82, 2.24) is 20.4 Å². The highest BCUT2D eigenvalue weighted by Crippen LogP contribution is 2.52. The predicted molar refractivity (Wildman–Crippen MR) is 112 cm³/mol. The second-order valence-electron chi connectivity index (χ2n) is 8.32. The van der Waals surface area contributed by atoms with Crippen molar-refractivity contribution in [2.24, 2.45) is 16.3 Å². The number of ether oxygens (including phenoxy) is 1. The van der Waals surface area contributed by atoms with Gasteiger partial charge in [0.15, 0.2) is 5.96 Å². The molecule has 1 aromatic heterocycles. The molecule has 2 fully saturated rings. The molecule has 1 aliphatic heterocycles. The Bertz CT molecular complexity index is 797. The maximum Gasteiger partial charge on any atom is 0.191 e. The number of nitrogens with one attached hydrogen (secondary N) is 2. The van der Waals surface area contributed by atoms with Crippen LogP contribution in [0.4, 0.5) is 0 Å². The molecule has 2 heterocycles. The smallest absolute Gasteiger partial charge is 0.191 e. The second kappa shape index (κ2) is 7.95. The third-order valence-corrected chi connectivity index (χ3v) is 6.11. The van der Waals surface area contributed by atoms with Crippen molar-refractivity contribution >= 4 is 5.96 Å². The largest absolute Gasteiger partial charge is 0.377 e. The van der Waals surface area contributed by atoms with Crippen molar-refractivity contribution in [3.63, 3.8) is 0 Å². The molecule has 6 nitrogen and oxygen atoms in total. The van der Waals surface area contributed by atoms with Gasteiger partial charge in [0, 0.05) is 49.5 Å². The minimum Gasteiger partial charge on any atom is -0.377 e. The van der Waals surface area contributed by atoms with Crippen LogP contribution in [-0.2, 0) is 11.2 Å². The average molecular weight is 382 g/mol. The van der Waals surface area contributed by atoms with Crippen LogP contribution in [0, 0.1) is 11.3 Å². The van der Waals surface area contributed by atoms with Gasteiger partial charge in [-0.05, 0) is 43.5 Å². The Morgan fingerprint density at radius 1 is 1.32 bits per heavy atom. The fourth-order valence-electron chi connectivity index (χ4n) is 4.62. The molecule has 2 N–H and O–H groups in total. The first-order valence-corrected chi connectivity index (χ1v) is 10.3. The molecule has 0 spiro atoms. The summed E-state index contributed by atoms with van der Waals surface area (Å²) in [5.41, 5.74) is 2.51. The van der Waals surface area contributed by atoms with E-state index in [9.17, 15) is 0 Å². The summed E-state index contributed by atoms with van der Waals surface area (Å²) in [6, 6.07) is 10.9. The Kier molecular flexibility index (Phi) is 5.40. The van der Waals surface area contributed by atoms with Crippen molar-refractivity contribution in [2.75, 3.05) is 19.7 Å². The minimum absolute atomic E-state index is 0.152. The molecule has 4 rings (SSSR count). The van der Waals surface area contributed by atoms with E-state index in [1.807, 2.05) is 16.9 Å². The Balaban J connectivity index is 1.35. The summed E-state index contributed by atoms with van der Waals surface area (Å²) in [7, 11) is 0. The summed E-state index contributed by atoms with van der Waals surface area (Å²) < 4.78 is 7.78. The van der Waals surface area contributed by atoms with Crippen LogP contribution in [0.2, 0.25) is 0 Å². The van der Waals surface area contributed by atoms with Crippen LogP contribution < -0.4 is 10.6 Å². The molecule has 2 aliphatic rings. The topological polar surface area (TPSA) is 63.5 Å². The zero-order valence-electron chi connectivity index (χ0n) is 17.1. The summed E-state index contributed by atoms with van der Waals surface area (Å²) in [6.07, 6.45) is 6.20. The Hall–Kier alpha value is -2.34. The van der Waals surface area contributed by atoms with Crippen molar-refractivity contribution in [3.8, 4) is 5.69 Å². The van der Waals surface area contributed by atoms with Gasteiger partial charge in [-0.1, -0.05) is 26.0 Å². The molecular formula is C22H31N5O. The lowest BCUT2D eigenvalue weighted by Gasteiger charge is -2.54. The highest BCUT2D eigenvalue weighted by Gasteiger charge is 2.59. The van der Waals surface area contributed by atoms with Gasteiger partial charge in [-0.3, -0.25) is 4.99 Å². The molecule has 1 saturated carbocycles. The Morgan fingerprint density at radius 3 is 2.86 bits per heavy atom. The van der Waals surface area contributed by atoms with Crippen LogP contribution in [0.1, 0.15) is 32.8 Å². The normalized spacial score (nSPS) is 25.8. The fraction of sp³-hybridized carbons (Fsp3) is 0.545. The van der Waals surface area contributed by atoms with Gasteiger partial charge in [0.2, 0.25) is 0 Å². The van der Waals surface area contributed by atoms with E-state index in [-0.39, 0.29) is 5.41 Å². The standard InChI is InChI=1S/C22H31N5O/c1-4-23-21(26-19-18-11-15-28-20(18)22(19,2)3)24-13-10-16-6-8-17(9-7-16)27-14-5-12-25-27/h5-9,12,14,18-20H,4,10-11,13,15H2,1-3H3,(H2,23,24,26). The molecule has 3 atom stereocenters. The molecule has 1 aliphatic carbocycles. The summed E-state index contributed by atoms with van der Waals surface area (Å²) >= 11 is 0. The van der Waals surface area contributed by atoms with Crippen molar-refractivity contribution in [1.29, 1.82) is 0 Å². The van der Waals surface area contributed by atoms with Crippen LogP contribution in [0.25, 0.3) is 5.69 Å². The maximum absolute atomic E-state index is 5.91. The number of fused-ring (bicyclic) bond motifs is 1. The van der Waals surface area contributed by atoms with Crippen molar-refractivity contribution in [2.45, 2.75) is 45.8 Å². The molecule has 150 valence electrons. The number of benzene rings is 1. The lowest BCUT2D eigenvalue weighted by atomic mass is 9.57. The van der Waals surface area contributed by atoms with E-state index in [1.54, 1.807) is 6.20 Å². The van der Waals surface area contributed by atoms with Crippen LogP contribution in [0.15, 0.2) is 47.7 Å². The van der Waals surface area contributed by atoms with Crippen LogP contribution in [0.3, 0.4) is 0 Å². The molecule has 2 aromatic rings. The number of guanidine groups is 1. The van der Waals surface area contributed by atoms with Gasteiger partial charge in [-0.25, -0.2) is 4.68 Å². The van der Waals surface area contributed by atoms with Crippen molar-refractivity contribution in [3.05, 3.63) is 48.3 Å². The highest BCUT2D eigenvalue weighted by atomic mass is 16.5. The molecular weight excluding hydrogens is 350 g/mol. The van der Waals surface area contributed by atoms with E-state index in [4.69, 9.17) is 9.73 Å². The Labute approximate surface area is 167 Å². The van der Waals surface area contributed by atoms with Crippen molar-refractivity contribution < 1.29 is 4.74 Å². The second-order valence-corrected chi connectivity index (χ2v) is 8.32.